The third-order valence-corrected chi connectivity index (χ3v) is 3.75. The SMILES string of the molecule is Cc1nc2c(N3CCCC(c4ncon4)C3)ncnc2o1. The minimum Gasteiger partial charge on any atom is -0.422 e. The van der Waals surface area contributed by atoms with Crippen LogP contribution in [0.1, 0.15) is 30.5 Å². The van der Waals surface area contributed by atoms with Crippen LogP contribution in [0.4, 0.5) is 5.82 Å². The first kappa shape index (κ1) is 12.2. The monoisotopic (exact) mass is 286 g/mol. The molecule has 1 aliphatic rings. The van der Waals surface area contributed by atoms with E-state index in [1.807, 2.05) is 6.92 Å². The van der Waals surface area contributed by atoms with Gasteiger partial charge < -0.3 is 13.8 Å². The topological polar surface area (TPSA) is 94.0 Å². The molecule has 1 saturated heterocycles. The molecule has 4 rings (SSSR count). The molecule has 3 aromatic heterocycles. The fourth-order valence-corrected chi connectivity index (χ4v) is 2.82. The Bertz CT molecular complexity index is 753. The van der Waals surface area contributed by atoms with Crippen LogP contribution in [0.25, 0.3) is 11.2 Å². The van der Waals surface area contributed by atoms with Crippen LogP contribution in [0.2, 0.25) is 0 Å². The highest BCUT2D eigenvalue weighted by atomic mass is 16.5. The summed E-state index contributed by atoms with van der Waals surface area (Å²) in [7, 11) is 0. The van der Waals surface area contributed by atoms with E-state index in [0.29, 0.717) is 17.1 Å². The maximum absolute atomic E-state index is 5.47. The van der Waals surface area contributed by atoms with Crippen molar-refractivity contribution in [2.24, 2.45) is 0 Å². The van der Waals surface area contributed by atoms with Crippen LogP contribution in [-0.2, 0) is 0 Å². The van der Waals surface area contributed by atoms with Crippen molar-refractivity contribution in [3.63, 3.8) is 0 Å². The summed E-state index contributed by atoms with van der Waals surface area (Å²) in [6.07, 6.45) is 4.97. The number of hydrogen-bond donors (Lipinski definition) is 0. The molecular formula is C13H14N6O2. The molecule has 8 heteroatoms. The minimum absolute atomic E-state index is 0.246. The van der Waals surface area contributed by atoms with E-state index < -0.39 is 0 Å². The Balaban J connectivity index is 1.68. The number of oxazole rings is 1. The zero-order valence-electron chi connectivity index (χ0n) is 11.6. The van der Waals surface area contributed by atoms with Crippen LogP contribution in [0.15, 0.2) is 21.7 Å². The van der Waals surface area contributed by atoms with E-state index in [4.69, 9.17) is 8.94 Å². The largest absolute Gasteiger partial charge is 0.422 e. The molecule has 21 heavy (non-hydrogen) atoms. The molecule has 0 saturated carbocycles. The summed E-state index contributed by atoms with van der Waals surface area (Å²) >= 11 is 0. The molecule has 0 aromatic carbocycles. The van der Waals surface area contributed by atoms with Crippen molar-refractivity contribution in [2.75, 3.05) is 18.0 Å². The second-order valence-electron chi connectivity index (χ2n) is 5.16. The molecule has 1 fully saturated rings. The lowest BCUT2D eigenvalue weighted by Gasteiger charge is -2.31. The van der Waals surface area contributed by atoms with Crippen LogP contribution in [0.3, 0.4) is 0 Å². The highest BCUT2D eigenvalue weighted by molar-refractivity contribution is 5.81. The van der Waals surface area contributed by atoms with Gasteiger partial charge in [-0.2, -0.15) is 9.97 Å². The van der Waals surface area contributed by atoms with Gasteiger partial charge in [0.1, 0.15) is 6.33 Å². The van der Waals surface area contributed by atoms with Crippen LogP contribution in [0, 0.1) is 6.92 Å². The first-order valence-corrected chi connectivity index (χ1v) is 6.90. The maximum atomic E-state index is 5.47. The molecule has 1 atom stereocenters. The van der Waals surface area contributed by atoms with Gasteiger partial charge in [-0.05, 0) is 12.8 Å². The fourth-order valence-electron chi connectivity index (χ4n) is 2.82. The highest BCUT2D eigenvalue weighted by Crippen LogP contribution is 2.30. The standard InChI is InChI=1S/C13H14N6O2/c1-8-17-10-12(14-6-15-13(10)21-8)19-4-2-3-9(5-19)11-16-7-20-18-11/h6-7,9H,2-5H2,1H3. The Morgan fingerprint density at radius 2 is 2.24 bits per heavy atom. The second-order valence-corrected chi connectivity index (χ2v) is 5.16. The van der Waals surface area contributed by atoms with Gasteiger partial charge in [-0.1, -0.05) is 5.16 Å². The Hall–Kier alpha value is -2.51. The van der Waals surface area contributed by atoms with Gasteiger partial charge in [0, 0.05) is 25.9 Å². The van der Waals surface area contributed by atoms with Crippen molar-refractivity contribution in [3.8, 4) is 0 Å². The minimum atomic E-state index is 0.246. The number of hydrogen-bond acceptors (Lipinski definition) is 8. The van der Waals surface area contributed by atoms with Crippen molar-refractivity contribution in [3.05, 3.63) is 24.4 Å². The van der Waals surface area contributed by atoms with Crippen LogP contribution in [-0.4, -0.2) is 38.2 Å². The molecule has 0 N–H and O–H groups in total. The third kappa shape index (κ3) is 2.12. The summed E-state index contributed by atoms with van der Waals surface area (Å²) < 4.78 is 10.3. The van der Waals surface area contributed by atoms with Gasteiger partial charge in [-0.3, -0.25) is 0 Å². The number of rotatable bonds is 2. The van der Waals surface area contributed by atoms with Gasteiger partial charge in [-0.15, -0.1) is 0 Å². The average Bonchev–Trinajstić information content (AvgIpc) is 3.15. The molecule has 0 bridgehead atoms. The Labute approximate surface area is 120 Å². The average molecular weight is 286 g/mol. The van der Waals surface area contributed by atoms with Gasteiger partial charge in [-0.25, -0.2) is 9.97 Å². The molecule has 108 valence electrons. The summed E-state index contributed by atoms with van der Waals surface area (Å²) in [4.78, 5) is 19.3. The van der Waals surface area contributed by atoms with Crippen molar-refractivity contribution in [1.82, 2.24) is 25.1 Å². The summed E-state index contributed by atoms with van der Waals surface area (Å²) in [6.45, 7) is 3.52. The molecule has 1 unspecified atom stereocenters. The molecule has 0 aliphatic carbocycles. The van der Waals surface area contributed by atoms with E-state index in [9.17, 15) is 0 Å². The smallest absolute Gasteiger partial charge is 0.252 e. The van der Waals surface area contributed by atoms with E-state index >= 15 is 0 Å². The summed E-state index contributed by atoms with van der Waals surface area (Å²) in [5.41, 5.74) is 1.24. The van der Waals surface area contributed by atoms with Crippen LogP contribution >= 0.6 is 0 Å². The number of nitrogens with zero attached hydrogens (tertiary/aromatic N) is 6. The lowest BCUT2D eigenvalue weighted by Crippen LogP contribution is -2.35. The molecule has 8 nitrogen and oxygen atoms in total. The van der Waals surface area contributed by atoms with Gasteiger partial charge in [0.05, 0.1) is 0 Å². The van der Waals surface area contributed by atoms with Crippen molar-refractivity contribution >= 4 is 17.0 Å². The van der Waals surface area contributed by atoms with Crippen LogP contribution < -0.4 is 4.90 Å². The molecule has 0 amide bonds. The lowest BCUT2D eigenvalue weighted by molar-refractivity contribution is 0.394. The first-order chi connectivity index (χ1) is 10.3. The van der Waals surface area contributed by atoms with Gasteiger partial charge >= 0.3 is 0 Å². The van der Waals surface area contributed by atoms with Gasteiger partial charge in [0.15, 0.2) is 23.0 Å². The zero-order valence-corrected chi connectivity index (χ0v) is 11.6. The number of fused-ring (bicyclic) bond motifs is 1. The quantitative estimate of drug-likeness (QED) is 0.702. The summed E-state index contributed by atoms with van der Waals surface area (Å²) in [5, 5.41) is 3.95. The summed E-state index contributed by atoms with van der Waals surface area (Å²) in [6, 6.07) is 0. The molecule has 0 radical (unpaired) electrons. The Morgan fingerprint density at radius 3 is 3.10 bits per heavy atom. The number of aromatic nitrogens is 5. The van der Waals surface area contributed by atoms with Crippen molar-refractivity contribution in [1.29, 1.82) is 0 Å². The molecule has 1 aliphatic heterocycles. The van der Waals surface area contributed by atoms with E-state index in [1.54, 1.807) is 0 Å². The third-order valence-electron chi connectivity index (χ3n) is 3.75. The van der Waals surface area contributed by atoms with E-state index in [-0.39, 0.29) is 5.92 Å². The zero-order chi connectivity index (χ0) is 14.2. The highest BCUT2D eigenvalue weighted by Gasteiger charge is 2.27. The number of aryl methyl sites for hydroxylation is 1. The lowest BCUT2D eigenvalue weighted by atomic mass is 9.97. The fraction of sp³-hybridized carbons (Fsp3) is 0.462. The summed E-state index contributed by atoms with van der Waals surface area (Å²) in [5.74, 6) is 2.40. The van der Waals surface area contributed by atoms with Crippen LogP contribution in [0.5, 0.6) is 0 Å². The van der Waals surface area contributed by atoms with Crippen molar-refractivity contribution in [2.45, 2.75) is 25.7 Å². The Kier molecular flexibility index (Phi) is 2.80. The molecule has 4 heterocycles. The predicted octanol–water partition coefficient (Wildman–Crippen LogP) is 1.69. The number of piperidine rings is 1. The second kappa shape index (κ2) is 4.80. The van der Waals surface area contributed by atoms with Gasteiger partial charge in [0.2, 0.25) is 6.39 Å². The maximum Gasteiger partial charge on any atom is 0.252 e. The first-order valence-electron chi connectivity index (χ1n) is 6.90. The van der Waals surface area contributed by atoms with Crippen molar-refractivity contribution < 1.29 is 8.94 Å². The number of anilines is 1. The van der Waals surface area contributed by atoms with E-state index in [2.05, 4.69) is 30.0 Å². The molecular weight excluding hydrogens is 272 g/mol. The van der Waals surface area contributed by atoms with E-state index in [1.165, 1.54) is 12.7 Å². The normalized spacial score (nSPS) is 19.3. The predicted molar refractivity (Wildman–Crippen MR) is 72.8 cm³/mol. The van der Waals surface area contributed by atoms with E-state index in [0.717, 1.165) is 37.6 Å². The van der Waals surface area contributed by atoms with Gasteiger partial charge in [0.25, 0.3) is 5.71 Å². The Morgan fingerprint density at radius 1 is 1.29 bits per heavy atom. The molecule has 3 aromatic rings. The molecule has 0 spiro atoms.